The van der Waals surface area contributed by atoms with E-state index in [0.29, 0.717) is 6.04 Å². The summed E-state index contributed by atoms with van der Waals surface area (Å²) in [5.74, 6) is 0. The van der Waals surface area contributed by atoms with Crippen LogP contribution >= 0.6 is 15.9 Å². The summed E-state index contributed by atoms with van der Waals surface area (Å²) < 4.78 is 1.12. The van der Waals surface area contributed by atoms with Gasteiger partial charge in [0.1, 0.15) is 6.10 Å². The van der Waals surface area contributed by atoms with Gasteiger partial charge < -0.3 is 4.90 Å². The monoisotopic (exact) mass is 372 g/mol. The van der Waals surface area contributed by atoms with Gasteiger partial charge in [-0.15, -0.1) is 0 Å². The smallest absolute Gasteiger partial charge is 0.101 e. The molecule has 1 saturated heterocycles. The van der Waals surface area contributed by atoms with E-state index in [-0.39, 0.29) is 6.10 Å². The van der Waals surface area contributed by atoms with Gasteiger partial charge in [-0.2, -0.15) is 0 Å². The van der Waals surface area contributed by atoms with Crippen LogP contribution in [0.1, 0.15) is 29.2 Å². The van der Waals surface area contributed by atoms with E-state index in [2.05, 4.69) is 82.5 Å². The van der Waals surface area contributed by atoms with E-state index in [1.807, 2.05) is 0 Å². The highest BCUT2D eigenvalue weighted by molar-refractivity contribution is 9.10. The number of nitrogens with zero attached hydrogens (tertiary/aromatic N) is 2. The number of hydrogen-bond donors (Lipinski definition) is 0. The Morgan fingerprint density at radius 1 is 1.17 bits per heavy atom. The van der Waals surface area contributed by atoms with Crippen LogP contribution in [-0.4, -0.2) is 31.6 Å². The molecule has 0 aromatic heterocycles. The van der Waals surface area contributed by atoms with Crippen molar-refractivity contribution in [3.8, 4) is 0 Å². The molecule has 0 amide bonds. The van der Waals surface area contributed by atoms with Crippen molar-refractivity contribution in [3.05, 3.63) is 63.6 Å². The molecule has 0 N–H and O–H groups in total. The minimum atomic E-state index is 0.234. The van der Waals surface area contributed by atoms with Crippen LogP contribution in [0, 0.1) is 0 Å². The SMILES string of the molecule is CN(C)C[C@H]1C[C@@H]2c3ccccc3Cc3cc(Br)ccc3N2O1. The molecule has 120 valence electrons. The summed E-state index contributed by atoms with van der Waals surface area (Å²) in [5.41, 5.74) is 5.34. The molecule has 2 aliphatic heterocycles. The molecule has 0 spiro atoms. The second-order valence-electron chi connectivity index (χ2n) is 6.72. The van der Waals surface area contributed by atoms with Gasteiger partial charge in [-0.25, -0.2) is 5.06 Å². The van der Waals surface area contributed by atoms with Gasteiger partial charge in [0.15, 0.2) is 0 Å². The third kappa shape index (κ3) is 2.80. The molecular formula is C19H21BrN2O. The van der Waals surface area contributed by atoms with E-state index in [1.54, 1.807) is 0 Å². The molecule has 0 aliphatic carbocycles. The number of likely N-dealkylation sites (N-methyl/N-ethyl adjacent to an activating group) is 1. The lowest BCUT2D eigenvalue weighted by Crippen LogP contribution is -2.27. The highest BCUT2D eigenvalue weighted by Gasteiger charge is 2.38. The summed E-state index contributed by atoms with van der Waals surface area (Å²) in [7, 11) is 4.21. The number of hydrogen-bond acceptors (Lipinski definition) is 3. The van der Waals surface area contributed by atoms with Crippen molar-refractivity contribution in [2.45, 2.75) is 25.0 Å². The average Bonchev–Trinajstić information content (AvgIpc) is 2.85. The summed E-state index contributed by atoms with van der Waals surface area (Å²) in [6.07, 6.45) is 2.22. The average molecular weight is 373 g/mol. The van der Waals surface area contributed by atoms with E-state index < -0.39 is 0 Å². The van der Waals surface area contributed by atoms with E-state index in [9.17, 15) is 0 Å². The minimum Gasteiger partial charge on any atom is -0.307 e. The summed E-state index contributed by atoms with van der Waals surface area (Å²) >= 11 is 3.61. The van der Waals surface area contributed by atoms with Crippen LogP contribution < -0.4 is 5.06 Å². The number of hydroxylamine groups is 1. The lowest BCUT2D eigenvalue weighted by molar-refractivity contribution is 0.0649. The maximum atomic E-state index is 6.36. The quantitative estimate of drug-likeness (QED) is 0.786. The van der Waals surface area contributed by atoms with Crippen LogP contribution in [-0.2, 0) is 11.3 Å². The van der Waals surface area contributed by atoms with Crippen molar-refractivity contribution in [2.24, 2.45) is 0 Å². The summed E-state index contributed by atoms with van der Waals surface area (Å²) in [6, 6.07) is 15.6. The zero-order chi connectivity index (χ0) is 16.0. The van der Waals surface area contributed by atoms with E-state index >= 15 is 0 Å². The lowest BCUT2D eigenvalue weighted by atomic mass is 9.95. The van der Waals surface area contributed by atoms with Gasteiger partial charge in [0.2, 0.25) is 0 Å². The van der Waals surface area contributed by atoms with Gasteiger partial charge in [0, 0.05) is 17.4 Å². The molecule has 2 aromatic carbocycles. The molecule has 1 fully saturated rings. The van der Waals surface area contributed by atoms with Crippen molar-refractivity contribution < 1.29 is 4.84 Å². The van der Waals surface area contributed by atoms with Crippen LogP contribution in [0.15, 0.2) is 46.9 Å². The van der Waals surface area contributed by atoms with E-state index in [4.69, 9.17) is 4.84 Å². The van der Waals surface area contributed by atoms with Gasteiger partial charge in [-0.05, 0) is 55.4 Å². The molecule has 0 radical (unpaired) electrons. The fourth-order valence-corrected chi connectivity index (χ4v) is 4.16. The molecule has 4 heteroatoms. The molecule has 0 unspecified atom stereocenters. The molecule has 0 saturated carbocycles. The number of fused-ring (bicyclic) bond motifs is 5. The third-order valence-corrected chi connectivity index (χ3v) is 5.17. The van der Waals surface area contributed by atoms with Gasteiger partial charge in [-0.3, -0.25) is 4.84 Å². The molecule has 4 rings (SSSR count). The molecule has 0 bridgehead atoms. The van der Waals surface area contributed by atoms with Crippen LogP contribution in [0.3, 0.4) is 0 Å². The molecule has 2 atom stereocenters. The van der Waals surface area contributed by atoms with E-state index in [0.717, 1.165) is 23.9 Å². The van der Waals surface area contributed by atoms with Crippen LogP contribution in [0.2, 0.25) is 0 Å². The summed E-state index contributed by atoms with van der Waals surface area (Å²) in [6.45, 7) is 0.945. The second kappa shape index (κ2) is 5.93. The molecule has 2 aromatic rings. The normalized spacial score (nSPS) is 22.5. The van der Waals surface area contributed by atoms with Crippen LogP contribution in [0.5, 0.6) is 0 Å². The van der Waals surface area contributed by atoms with Gasteiger partial charge >= 0.3 is 0 Å². The van der Waals surface area contributed by atoms with Crippen LogP contribution in [0.25, 0.3) is 0 Å². The van der Waals surface area contributed by atoms with Crippen molar-refractivity contribution >= 4 is 21.6 Å². The Kier molecular flexibility index (Phi) is 3.92. The first kappa shape index (κ1) is 15.2. The van der Waals surface area contributed by atoms with E-state index in [1.165, 1.54) is 22.4 Å². The number of halogens is 1. The summed E-state index contributed by atoms with van der Waals surface area (Å²) in [5, 5.41) is 2.15. The third-order valence-electron chi connectivity index (χ3n) is 4.67. The van der Waals surface area contributed by atoms with Crippen molar-refractivity contribution in [1.82, 2.24) is 4.90 Å². The molecule has 2 aliphatic rings. The van der Waals surface area contributed by atoms with Crippen molar-refractivity contribution in [3.63, 3.8) is 0 Å². The zero-order valence-corrected chi connectivity index (χ0v) is 15.1. The predicted molar refractivity (Wildman–Crippen MR) is 96.7 cm³/mol. The standard InChI is InChI=1S/C19H21BrN2O/c1-21(2)12-16-11-19-17-6-4-3-5-13(17)9-14-10-15(20)7-8-18(14)22(19)23-16/h3-8,10,16,19H,9,11-12H2,1-2H3/t16-,19-/m1/s1. The Balaban J connectivity index is 1.80. The summed E-state index contributed by atoms with van der Waals surface area (Å²) in [4.78, 5) is 8.56. The first-order chi connectivity index (χ1) is 11.1. The molecule has 2 heterocycles. The Morgan fingerprint density at radius 2 is 2.00 bits per heavy atom. The number of rotatable bonds is 2. The molecule has 23 heavy (non-hydrogen) atoms. The Labute approximate surface area is 145 Å². The maximum absolute atomic E-state index is 6.36. The minimum absolute atomic E-state index is 0.234. The fourth-order valence-electron chi connectivity index (χ4n) is 3.75. The fraction of sp³-hybridized carbons (Fsp3) is 0.368. The van der Waals surface area contributed by atoms with Gasteiger partial charge in [0.25, 0.3) is 0 Å². The molecular weight excluding hydrogens is 352 g/mol. The number of anilines is 1. The lowest BCUT2D eigenvalue weighted by Gasteiger charge is -2.25. The topological polar surface area (TPSA) is 15.7 Å². The Morgan fingerprint density at radius 3 is 2.83 bits per heavy atom. The van der Waals surface area contributed by atoms with Crippen LogP contribution in [0.4, 0.5) is 5.69 Å². The predicted octanol–water partition coefficient (Wildman–Crippen LogP) is 4.17. The second-order valence-corrected chi connectivity index (χ2v) is 7.63. The van der Waals surface area contributed by atoms with Crippen molar-refractivity contribution in [2.75, 3.05) is 25.7 Å². The zero-order valence-electron chi connectivity index (χ0n) is 13.5. The largest absolute Gasteiger partial charge is 0.307 e. The van der Waals surface area contributed by atoms with Gasteiger partial charge in [-0.1, -0.05) is 40.2 Å². The Bertz CT molecular complexity index is 731. The maximum Gasteiger partial charge on any atom is 0.101 e. The highest BCUT2D eigenvalue weighted by atomic mass is 79.9. The van der Waals surface area contributed by atoms with Gasteiger partial charge in [0.05, 0.1) is 11.7 Å². The highest BCUT2D eigenvalue weighted by Crippen LogP contribution is 2.44. The first-order valence-electron chi connectivity index (χ1n) is 8.09. The van der Waals surface area contributed by atoms with Crippen molar-refractivity contribution in [1.29, 1.82) is 0 Å². The molecule has 3 nitrogen and oxygen atoms in total. The number of benzene rings is 2. The Hall–Kier alpha value is -1.36. The first-order valence-corrected chi connectivity index (χ1v) is 8.88.